The summed E-state index contributed by atoms with van der Waals surface area (Å²) in [5.41, 5.74) is -0.823. The van der Waals surface area contributed by atoms with Crippen molar-refractivity contribution in [3.63, 3.8) is 0 Å². The van der Waals surface area contributed by atoms with Gasteiger partial charge in [0.2, 0.25) is 0 Å². The number of rotatable bonds is 9. The maximum Gasteiger partial charge on any atom is 0.341 e. The van der Waals surface area contributed by atoms with Gasteiger partial charge in [-0.25, -0.2) is 9.68 Å². The summed E-state index contributed by atoms with van der Waals surface area (Å²) in [6.07, 6.45) is 1.07. The summed E-state index contributed by atoms with van der Waals surface area (Å²) in [5.74, 6) is -0.111. The van der Waals surface area contributed by atoms with Gasteiger partial charge in [0.25, 0.3) is 0 Å². The highest BCUT2D eigenvalue weighted by Gasteiger charge is 2.30. The van der Waals surface area contributed by atoms with Crippen molar-refractivity contribution in [2.75, 3.05) is 13.2 Å². The number of ether oxygens (including phenoxy) is 2. The molecule has 0 unspecified atom stereocenters. The molecule has 0 saturated heterocycles. The Kier molecular flexibility index (Phi) is 7.25. The molecule has 0 atom stereocenters. The molecule has 1 rings (SSSR count). The first-order valence-corrected chi connectivity index (χ1v) is 7.64. The van der Waals surface area contributed by atoms with E-state index in [1.807, 2.05) is 0 Å². The molecule has 0 aliphatic heterocycles. The molecule has 1 aromatic heterocycles. The smallest absolute Gasteiger partial charge is 0.341 e. The molecule has 7 heteroatoms. The highest BCUT2D eigenvalue weighted by molar-refractivity contribution is 5.90. The van der Waals surface area contributed by atoms with Gasteiger partial charge in [0, 0.05) is 12.8 Å². The van der Waals surface area contributed by atoms with Crippen LogP contribution in [0, 0.1) is 0 Å². The van der Waals surface area contributed by atoms with Crippen LogP contribution in [0.1, 0.15) is 62.4 Å². The van der Waals surface area contributed by atoms with Crippen molar-refractivity contribution in [2.45, 2.75) is 52.6 Å². The van der Waals surface area contributed by atoms with Gasteiger partial charge in [-0.05, 0) is 40.2 Å². The van der Waals surface area contributed by atoms with Gasteiger partial charge in [-0.15, -0.1) is 0 Å². The van der Waals surface area contributed by atoms with Crippen molar-refractivity contribution in [1.29, 1.82) is 0 Å². The first kappa shape index (κ1) is 19.2. The highest BCUT2D eigenvalue weighted by atomic mass is 17.1. The van der Waals surface area contributed by atoms with Gasteiger partial charge < -0.3 is 13.9 Å². The molecule has 23 heavy (non-hydrogen) atoms. The molecule has 0 spiro atoms. The fraction of sp³-hybridized carbons (Fsp3) is 0.625. The molecule has 0 aliphatic carbocycles. The minimum atomic E-state index is -1.10. The van der Waals surface area contributed by atoms with Crippen LogP contribution in [-0.2, 0) is 31.2 Å². The maximum atomic E-state index is 12.0. The molecule has 0 amide bonds. The number of hydrogen-bond acceptors (Lipinski definition) is 7. The zero-order valence-electron chi connectivity index (χ0n) is 14.0. The highest BCUT2D eigenvalue weighted by Crippen LogP contribution is 2.29. The summed E-state index contributed by atoms with van der Waals surface area (Å²) in [5, 5.41) is 8.96. The monoisotopic (exact) mass is 328 g/mol. The summed E-state index contributed by atoms with van der Waals surface area (Å²) in [6.45, 7) is 7.22. The number of furan rings is 1. The fourth-order valence-electron chi connectivity index (χ4n) is 1.96. The SMILES string of the molecule is CCOC(=O)CCCc1oc(C(C)(C)OO)cc1C(=O)OCC. The van der Waals surface area contributed by atoms with Crippen LogP contribution in [0.4, 0.5) is 0 Å². The van der Waals surface area contributed by atoms with Gasteiger partial charge in [0.15, 0.2) is 5.60 Å². The number of esters is 2. The third-order valence-corrected chi connectivity index (χ3v) is 3.22. The number of hydrogen-bond donors (Lipinski definition) is 1. The molecule has 1 N–H and O–H groups in total. The van der Waals surface area contributed by atoms with Gasteiger partial charge in [0.1, 0.15) is 17.1 Å². The molecule has 0 fully saturated rings. The van der Waals surface area contributed by atoms with Crippen LogP contribution in [0.5, 0.6) is 0 Å². The predicted molar refractivity (Wildman–Crippen MR) is 81.0 cm³/mol. The summed E-state index contributed by atoms with van der Waals surface area (Å²) in [4.78, 5) is 27.8. The fourth-order valence-corrected chi connectivity index (χ4v) is 1.96. The van der Waals surface area contributed by atoms with Gasteiger partial charge in [0.05, 0.1) is 13.2 Å². The van der Waals surface area contributed by atoms with E-state index >= 15 is 0 Å². The molecular weight excluding hydrogens is 304 g/mol. The van der Waals surface area contributed by atoms with Crippen LogP contribution in [-0.4, -0.2) is 30.4 Å². The summed E-state index contributed by atoms with van der Waals surface area (Å²) < 4.78 is 15.5. The lowest BCUT2D eigenvalue weighted by atomic mass is 10.1. The molecule has 0 aromatic carbocycles. The van der Waals surface area contributed by atoms with Gasteiger partial charge >= 0.3 is 11.9 Å². The number of aryl methyl sites for hydroxylation is 1. The molecule has 0 radical (unpaired) electrons. The molecular formula is C16H24O7. The Balaban J connectivity index is 2.90. The normalized spacial score (nSPS) is 11.3. The van der Waals surface area contributed by atoms with Crippen molar-refractivity contribution >= 4 is 11.9 Å². The van der Waals surface area contributed by atoms with Gasteiger partial charge in [-0.3, -0.25) is 10.1 Å². The van der Waals surface area contributed by atoms with Crippen molar-refractivity contribution in [3.8, 4) is 0 Å². The third-order valence-electron chi connectivity index (χ3n) is 3.22. The Morgan fingerprint density at radius 3 is 2.43 bits per heavy atom. The zero-order chi connectivity index (χ0) is 17.5. The second-order valence-corrected chi connectivity index (χ2v) is 5.43. The van der Waals surface area contributed by atoms with Crippen LogP contribution in [0.15, 0.2) is 10.5 Å². The average Bonchev–Trinajstić information content (AvgIpc) is 2.93. The Bertz CT molecular complexity index is 531. The quantitative estimate of drug-likeness (QED) is 0.423. The predicted octanol–water partition coefficient (Wildman–Crippen LogP) is 3.07. The van der Waals surface area contributed by atoms with Crippen LogP contribution < -0.4 is 0 Å². The molecule has 0 aliphatic rings. The first-order chi connectivity index (χ1) is 10.9. The van der Waals surface area contributed by atoms with E-state index in [-0.39, 0.29) is 24.6 Å². The lowest BCUT2D eigenvalue weighted by Gasteiger charge is -2.16. The van der Waals surface area contributed by atoms with E-state index in [0.29, 0.717) is 31.0 Å². The van der Waals surface area contributed by atoms with E-state index in [9.17, 15) is 9.59 Å². The summed E-state index contributed by atoms with van der Waals surface area (Å²) in [6, 6.07) is 1.49. The zero-order valence-corrected chi connectivity index (χ0v) is 14.0. The standard InChI is InChI=1S/C16H24O7/c1-5-20-14(17)9-7-8-12-11(15(18)21-6-2)10-13(22-12)16(3,4)23-19/h10,19H,5-9H2,1-4H3. The van der Waals surface area contributed by atoms with Crippen molar-refractivity contribution in [3.05, 3.63) is 23.2 Å². The Hall–Kier alpha value is -1.86. The minimum Gasteiger partial charge on any atom is -0.466 e. The van der Waals surface area contributed by atoms with E-state index in [2.05, 4.69) is 4.89 Å². The first-order valence-electron chi connectivity index (χ1n) is 7.64. The lowest BCUT2D eigenvalue weighted by Crippen LogP contribution is -2.18. The summed E-state index contributed by atoms with van der Waals surface area (Å²) >= 11 is 0. The third kappa shape index (κ3) is 5.37. The molecule has 1 aromatic rings. The van der Waals surface area contributed by atoms with Crippen LogP contribution >= 0.6 is 0 Å². The van der Waals surface area contributed by atoms with E-state index < -0.39 is 11.6 Å². The second-order valence-electron chi connectivity index (χ2n) is 5.43. The number of carbonyl (C=O) groups excluding carboxylic acids is 2. The van der Waals surface area contributed by atoms with Crippen molar-refractivity contribution < 1.29 is 33.6 Å². The van der Waals surface area contributed by atoms with E-state index in [4.69, 9.17) is 19.1 Å². The van der Waals surface area contributed by atoms with E-state index in [0.717, 1.165) is 0 Å². The van der Waals surface area contributed by atoms with Crippen molar-refractivity contribution in [1.82, 2.24) is 0 Å². The largest absolute Gasteiger partial charge is 0.466 e. The Morgan fingerprint density at radius 1 is 1.22 bits per heavy atom. The maximum absolute atomic E-state index is 12.0. The van der Waals surface area contributed by atoms with Gasteiger partial charge in [-0.1, -0.05) is 0 Å². The average molecular weight is 328 g/mol. The van der Waals surface area contributed by atoms with Crippen LogP contribution in [0.2, 0.25) is 0 Å². The molecule has 130 valence electrons. The van der Waals surface area contributed by atoms with Crippen LogP contribution in [0.3, 0.4) is 0 Å². The summed E-state index contributed by atoms with van der Waals surface area (Å²) in [7, 11) is 0. The molecule has 1 heterocycles. The Labute approximate surface area is 135 Å². The van der Waals surface area contributed by atoms with E-state index in [1.165, 1.54) is 6.07 Å². The van der Waals surface area contributed by atoms with Crippen molar-refractivity contribution in [2.24, 2.45) is 0 Å². The molecule has 0 bridgehead atoms. The Morgan fingerprint density at radius 2 is 1.87 bits per heavy atom. The molecule has 7 nitrogen and oxygen atoms in total. The lowest BCUT2D eigenvalue weighted by molar-refractivity contribution is -0.322. The van der Waals surface area contributed by atoms with Gasteiger partial charge in [-0.2, -0.15) is 0 Å². The minimum absolute atomic E-state index is 0.228. The van der Waals surface area contributed by atoms with E-state index in [1.54, 1.807) is 27.7 Å². The second kappa shape index (κ2) is 8.69. The van der Waals surface area contributed by atoms with Crippen LogP contribution in [0.25, 0.3) is 0 Å². The topological polar surface area (TPSA) is 95.2 Å². The molecule has 0 saturated carbocycles. The number of carbonyl (C=O) groups is 2.